The van der Waals surface area contributed by atoms with Crippen molar-refractivity contribution in [3.05, 3.63) is 66.0 Å². The third-order valence-corrected chi connectivity index (χ3v) is 6.39. The van der Waals surface area contributed by atoms with Crippen molar-refractivity contribution in [1.82, 2.24) is 20.3 Å². The first kappa shape index (κ1) is 25.2. The standard InChI is InChI=1S/C28H34N6O2/c29-28-33-24(18-26(34-28)32-21-9-5-10-21)22-12-6-13-25(35)23(22)11-3-1-2-4-17-31-27(36)15-14-20-8-7-16-30-19-20/h6-8,12-16,18-19,21,35H,1-5,9-11,17H2,(H,31,36)(H3,29,32,33,34)/b15-14+. The molecule has 0 bridgehead atoms. The molecular formula is C28H34N6O2. The fourth-order valence-electron chi connectivity index (χ4n) is 4.21. The molecule has 1 amide bonds. The lowest BCUT2D eigenvalue weighted by Crippen LogP contribution is -2.27. The highest BCUT2D eigenvalue weighted by Crippen LogP contribution is 2.32. The molecule has 1 fully saturated rings. The first-order valence-electron chi connectivity index (χ1n) is 12.7. The zero-order chi connectivity index (χ0) is 25.2. The van der Waals surface area contributed by atoms with Crippen LogP contribution in [0.25, 0.3) is 17.3 Å². The Balaban J connectivity index is 1.24. The number of unbranched alkanes of at least 4 members (excludes halogenated alkanes) is 3. The highest BCUT2D eigenvalue weighted by molar-refractivity contribution is 5.91. The van der Waals surface area contributed by atoms with Crippen LogP contribution < -0.4 is 16.4 Å². The quantitative estimate of drug-likeness (QED) is 0.215. The van der Waals surface area contributed by atoms with E-state index in [-0.39, 0.29) is 17.6 Å². The third kappa shape index (κ3) is 7.28. The molecule has 2 aromatic heterocycles. The normalized spacial score (nSPS) is 13.4. The lowest BCUT2D eigenvalue weighted by molar-refractivity contribution is -0.116. The number of carbonyl (C=O) groups is 1. The van der Waals surface area contributed by atoms with E-state index in [0.29, 0.717) is 12.6 Å². The Bertz CT molecular complexity index is 1180. The smallest absolute Gasteiger partial charge is 0.243 e. The molecule has 3 aromatic rings. The molecule has 1 saturated carbocycles. The van der Waals surface area contributed by atoms with Crippen molar-refractivity contribution in [1.29, 1.82) is 0 Å². The Morgan fingerprint density at radius 3 is 2.75 bits per heavy atom. The number of anilines is 2. The fourth-order valence-corrected chi connectivity index (χ4v) is 4.21. The van der Waals surface area contributed by atoms with E-state index < -0.39 is 0 Å². The number of phenols is 1. The van der Waals surface area contributed by atoms with Gasteiger partial charge in [-0.15, -0.1) is 0 Å². The second kappa shape index (κ2) is 12.7. The van der Waals surface area contributed by atoms with Gasteiger partial charge in [-0.3, -0.25) is 9.78 Å². The minimum Gasteiger partial charge on any atom is -0.508 e. The van der Waals surface area contributed by atoms with Crippen LogP contribution in [0, 0.1) is 0 Å². The van der Waals surface area contributed by atoms with E-state index in [1.165, 1.54) is 12.5 Å². The van der Waals surface area contributed by atoms with Gasteiger partial charge in [0.05, 0.1) is 5.69 Å². The summed E-state index contributed by atoms with van der Waals surface area (Å²) in [4.78, 5) is 24.8. The summed E-state index contributed by atoms with van der Waals surface area (Å²) in [6.45, 7) is 0.634. The number of aromatic hydroxyl groups is 1. The van der Waals surface area contributed by atoms with Crippen LogP contribution >= 0.6 is 0 Å². The largest absolute Gasteiger partial charge is 0.508 e. The van der Waals surface area contributed by atoms with Crippen LogP contribution in [-0.2, 0) is 11.2 Å². The van der Waals surface area contributed by atoms with Crippen molar-refractivity contribution in [3.63, 3.8) is 0 Å². The van der Waals surface area contributed by atoms with Gasteiger partial charge in [0.25, 0.3) is 0 Å². The number of rotatable bonds is 12. The average molecular weight is 487 g/mol. The number of hydrogen-bond donors (Lipinski definition) is 4. The number of carbonyl (C=O) groups excluding carboxylic acids is 1. The summed E-state index contributed by atoms with van der Waals surface area (Å²) in [6, 6.07) is 11.6. The monoisotopic (exact) mass is 486 g/mol. The van der Waals surface area contributed by atoms with E-state index >= 15 is 0 Å². The third-order valence-electron chi connectivity index (χ3n) is 6.39. The van der Waals surface area contributed by atoms with E-state index in [1.807, 2.05) is 30.3 Å². The van der Waals surface area contributed by atoms with Gasteiger partial charge in [-0.05, 0) is 62.3 Å². The first-order chi connectivity index (χ1) is 17.6. The minimum atomic E-state index is -0.104. The summed E-state index contributed by atoms with van der Waals surface area (Å²) in [5.41, 5.74) is 9.37. The van der Waals surface area contributed by atoms with Gasteiger partial charge in [0.2, 0.25) is 11.9 Å². The van der Waals surface area contributed by atoms with Crippen molar-refractivity contribution in [2.45, 2.75) is 57.4 Å². The summed E-state index contributed by atoms with van der Waals surface area (Å²) in [6.07, 6.45) is 14.8. The SMILES string of the molecule is Nc1nc(NC2CCC2)cc(-c2cccc(O)c2CCCCCCNC(=O)/C=C/c2cccnc2)n1. The van der Waals surface area contributed by atoms with Crippen molar-refractivity contribution in [2.75, 3.05) is 17.6 Å². The van der Waals surface area contributed by atoms with Crippen molar-refractivity contribution in [2.24, 2.45) is 0 Å². The second-order valence-corrected chi connectivity index (χ2v) is 9.15. The Labute approximate surface area is 212 Å². The van der Waals surface area contributed by atoms with Crippen LogP contribution in [0.4, 0.5) is 11.8 Å². The van der Waals surface area contributed by atoms with Crippen LogP contribution in [0.15, 0.2) is 54.9 Å². The number of nitrogens with one attached hydrogen (secondary N) is 2. The summed E-state index contributed by atoms with van der Waals surface area (Å²) in [7, 11) is 0. The van der Waals surface area contributed by atoms with Gasteiger partial charge in [-0.1, -0.05) is 31.0 Å². The molecule has 0 spiro atoms. The maximum atomic E-state index is 12.0. The Hall–Kier alpha value is -3.94. The number of nitrogen functional groups attached to an aromatic ring is 1. The zero-order valence-electron chi connectivity index (χ0n) is 20.5. The first-order valence-corrected chi connectivity index (χ1v) is 12.7. The molecule has 0 aliphatic heterocycles. The molecule has 8 heteroatoms. The predicted molar refractivity (Wildman–Crippen MR) is 143 cm³/mol. The van der Waals surface area contributed by atoms with Gasteiger partial charge in [-0.25, -0.2) is 4.98 Å². The van der Waals surface area contributed by atoms with Crippen molar-refractivity contribution in [3.8, 4) is 17.0 Å². The number of benzene rings is 1. The summed E-state index contributed by atoms with van der Waals surface area (Å²) in [5, 5.41) is 16.9. The second-order valence-electron chi connectivity index (χ2n) is 9.15. The highest BCUT2D eigenvalue weighted by Gasteiger charge is 2.19. The zero-order valence-corrected chi connectivity index (χ0v) is 20.5. The Morgan fingerprint density at radius 1 is 1.11 bits per heavy atom. The molecule has 0 radical (unpaired) electrons. The molecule has 0 unspecified atom stereocenters. The predicted octanol–water partition coefficient (Wildman–Crippen LogP) is 4.72. The Morgan fingerprint density at radius 2 is 1.97 bits per heavy atom. The molecule has 5 N–H and O–H groups in total. The van der Waals surface area contributed by atoms with Crippen LogP contribution in [0.5, 0.6) is 5.75 Å². The van der Waals surface area contributed by atoms with E-state index in [1.54, 1.807) is 24.5 Å². The fraction of sp³-hybridized carbons (Fsp3) is 0.357. The molecule has 4 rings (SSSR count). The van der Waals surface area contributed by atoms with Gasteiger partial charge >= 0.3 is 0 Å². The van der Waals surface area contributed by atoms with Crippen LogP contribution in [0.2, 0.25) is 0 Å². The number of nitrogens with zero attached hydrogens (tertiary/aromatic N) is 3. The van der Waals surface area contributed by atoms with E-state index in [4.69, 9.17) is 5.73 Å². The van der Waals surface area contributed by atoms with Gasteiger partial charge in [0.1, 0.15) is 11.6 Å². The highest BCUT2D eigenvalue weighted by atomic mass is 16.3. The molecule has 1 aromatic carbocycles. The van der Waals surface area contributed by atoms with Gasteiger partial charge < -0.3 is 21.5 Å². The molecule has 1 aliphatic rings. The molecule has 0 saturated heterocycles. The van der Waals surface area contributed by atoms with Gasteiger partial charge in [-0.2, -0.15) is 4.98 Å². The van der Waals surface area contributed by atoms with Gasteiger partial charge in [0, 0.05) is 48.2 Å². The molecule has 36 heavy (non-hydrogen) atoms. The average Bonchev–Trinajstić information content (AvgIpc) is 2.85. The van der Waals surface area contributed by atoms with Crippen LogP contribution in [-0.4, -0.2) is 38.6 Å². The maximum absolute atomic E-state index is 12.0. The molecule has 0 atom stereocenters. The summed E-state index contributed by atoms with van der Waals surface area (Å²) in [5.74, 6) is 1.12. The maximum Gasteiger partial charge on any atom is 0.243 e. The summed E-state index contributed by atoms with van der Waals surface area (Å²) < 4.78 is 0. The number of amides is 1. The lowest BCUT2D eigenvalue weighted by atomic mass is 9.93. The number of pyridine rings is 1. The summed E-state index contributed by atoms with van der Waals surface area (Å²) >= 11 is 0. The van der Waals surface area contributed by atoms with Crippen LogP contribution in [0.1, 0.15) is 56.1 Å². The topological polar surface area (TPSA) is 126 Å². The number of phenolic OH excluding ortho intramolecular Hbond substituents is 1. The number of aromatic nitrogens is 3. The molecule has 8 nitrogen and oxygen atoms in total. The molecule has 1 aliphatic carbocycles. The van der Waals surface area contributed by atoms with E-state index in [2.05, 4.69) is 25.6 Å². The number of nitrogens with two attached hydrogens (primary N) is 1. The molecular weight excluding hydrogens is 452 g/mol. The van der Waals surface area contributed by atoms with Crippen molar-refractivity contribution >= 4 is 23.7 Å². The van der Waals surface area contributed by atoms with Crippen molar-refractivity contribution < 1.29 is 9.90 Å². The Kier molecular flexibility index (Phi) is 8.86. The minimum absolute atomic E-state index is 0.104. The molecule has 188 valence electrons. The lowest BCUT2D eigenvalue weighted by Gasteiger charge is -2.27. The van der Waals surface area contributed by atoms with E-state index in [0.717, 1.165) is 73.1 Å². The van der Waals surface area contributed by atoms with E-state index in [9.17, 15) is 9.90 Å². The molecule has 2 heterocycles. The van der Waals surface area contributed by atoms with Gasteiger partial charge in [0.15, 0.2) is 0 Å². The van der Waals surface area contributed by atoms with Crippen LogP contribution in [0.3, 0.4) is 0 Å². The number of hydrogen-bond acceptors (Lipinski definition) is 7.